The van der Waals surface area contributed by atoms with Crippen molar-refractivity contribution >= 4 is 29.0 Å². The number of rotatable bonds is 2. The summed E-state index contributed by atoms with van der Waals surface area (Å²) in [4.78, 5) is 20.7. The van der Waals surface area contributed by atoms with Gasteiger partial charge in [-0.1, -0.05) is 18.2 Å². The van der Waals surface area contributed by atoms with Crippen LogP contribution in [-0.4, -0.2) is 26.5 Å². The van der Waals surface area contributed by atoms with Crippen molar-refractivity contribution in [2.45, 2.75) is 6.92 Å². The Labute approximate surface area is 171 Å². The quantitative estimate of drug-likeness (QED) is 0.638. The molecule has 2 aromatic heterocycles. The lowest BCUT2D eigenvalue weighted by atomic mass is 10.2. The molecule has 0 amide bonds. The summed E-state index contributed by atoms with van der Waals surface area (Å²) < 4.78 is 0. The van der Waals surface area contributed by atoms with Crippen LogP contribution >= 0.6 is 0 Å². The van der Waals surface area contributed by atoms with Crippen molar-refractivity contribution in [3.63, 3.8) is 0 Å². The standard InChI is InChI=1S/C20H10N10/c1-2-29-17-19(27-15(10-23)13(8-21)25-17)30(12-6-4-3-5-7-12)20-18(29)26-14(9-22)16(11-24)28-20/h3-7H,2H2,1H3. The van der Waals surface area contributed by atoms with Crippen LogP contribution in [0.25, 0.3) is 0 Å². The molecule has 10 heteroatoms. The molecule has 0 saturated carbocycles. The summed E-state index contributed by atoms with van der Waals surface area (Å²) in [6, 6.07) is 16.6. The minimum absolute atomic E-state index is 0.117. The number of para-hydroxylation sites is 1. The lowest BCUT2D eigenvalue weighted by Gasteiger charge is -2.36. The molecular weight excluding hydrogens is 380 g/mol. The number of benzene rings is 1. The van der Waals surface area contributed by atoms with Gasteiger partial charge in [0, 0.05) is 12.2 Å². The third-order valence-electron chi connectivity index (χ3n) is 4.41. The van der Waals surface area contributed by atoms with Gasteiger partial charge in [-0.3, -0.25) is 4.90 Å². The molecule has 0 unspecified atom stereocenters. The smallest absolute Gasteiger partial charge is 0.184 e. The third kappa shape index (κ3) is 2.62. The maximum absolute atomic E-state index is 9.43. The molecule has 1 aromatic carbocycles. The molecule has 0 atom stereocenters. The molecule has 0 saturated heterocycles. The number of hydrogen-bond acceptors (Lipinski definition) is 10. The Hall–Kier alpha value is -5.06. The molecule has 1 aliphatic rings. The fraction of sp³-hybridized carbons (Fsp3) is 0.100. The fourth-order valence-corrected chi connectivity index (χ4v) is 3.13. The van der Waals surface area contributed by atoms with Crippen LogP contribution in [0.2, 0.25) is 0 Å². The largest absolute Gasteiger partial charge is 0.305 e. The molecule has 0 fully saturated rings. The minimum Gasteiger partial charge on any atom is -0.305 e. The number of fused-ring (bicyclic) bond motifs is 2. The normalized spacial score (nSPS) is 11.4. The maximum atomic E-state index is 9.43. The predicted octanol–water partition coefficient (Wildman–Crippen LogP) is 2.69. The van der Waals surface area contributed by atoms with Gasteiger partial charge in [-0.25, -0.2) is 19.9 Å². The molecular formula is C20H10N10. The van der Waals surface area contributed by atoms with E-state index in [1.54, 1.807) is 21.9 Å². The van der Waals surface area contributed by atoms with Crippen LogP contribution in [0.1, 0.15) is 29.7 Å². The summed E-state index contributed by atoms with van der Waals surface area (Å²) in [5, 5.41) is 37.7. The third-order valence-corrected chi connectivity index (χ3v) is 4.41. The van der Waals surface area contributed by atoms with Crippen molar-refractivity contribution < 1.29 is 0 Å². The van der Waals surface area contributed by atoms with Gasteiger partial charge >= 0.3 is 0 Å². The number of nitriles is 4. The molecule has 0 radical (unpaired) electrons. The minimum atomic E-state index is -0.126. The highest BCUT2D eigenvalue weighted by Gasteiger charge is 2.36. The van der Waals surface area contributed by atoms with Crippen LogP contribution in [-0.2, 0) is 0 Å². The summed E-state index contributed by atoms with van der Waals surface area (Å²) in [5.74, 6) is 1.14. The second-order valence-electron chi connectivity index (χ2n) is 6.00. The second kappa shape index (κ2) is 7.16. The summed E-state index contributed by atoms with van der Waals surface area (Å²) in [6.07, 6.45) is 0. The first-order valence-corrected chi connectivity index (χ1v) is 8.74. The van der Waals surface area contributed by atoms with Gasteiger partial charge in [0.1, 0.15) is 24.3 Å². The van der Waals surface area contributed by atoms with E-state index in [-0.39, 0.29) is 34.4 Å². The number of nitrogens with zero attached hydrogens (tertiary/aromatic N) is 10. The Kier molecular flexibility index (Phi) is 4.37. The van der Waals surface area contributed by atoms with Gasteiger partial charge in [0.2, 0.25) is 0 Å². The van der Waals surface area contributed by atoms with Crippen molar-refractivity contribution in [3.05, 3.63) is 53.1 Å². The van der Waals surface area contributed by atoms with Gasteiger partial charge < -0.3 is 4.90 Å². The summed E-state index contributed by atoms with van der Waals surface area (Å²) >= 11 is 0. The molecule has 10 nitrogen and oxygen atoms in total. The average molecular weight is 390 g/mol. The van der Waals surface area contributed by atoms with Gasteiger partial charge in [0.25, 0.3) is 0 Å². The van der Waals surface area contributed by atoms with E-state index in [9.17, 15) is 21.0 Å². The first kappa shape index (κ1) is 18.3. The average Bonchev–Trinajstić information content (AvgIpc) is 2.81. The predicted molar refractivity (Wildman–Crippen MR) is 104 cm³/mol. The van der Waals surface area contributed by atoms with Crippen LogP contribution in [0.5, 0.6) is 0 Å². The molecule has 0 aliphatic carbocycles. The van der Waals surface area contributed by atoms with Crippen LogP contribution in [0.4, 0.5) is 29.0 Å². The van der Waals surface area contributed by atoms with Gasteiger partial charge in [-0.05, 0) is 19.1 Å². The highest BCUT2D eigenvalue weighted by Crippen LogP contribution is 2.48. The highest BCUT2D eigenvalue weighted by molar-refractivity contribution is 5.92. The van der Waals surface area contributed by atoms with Gasteiger partial charge in [0.15, 0.2) is 46.0 Å². The lowest BCUT2D eigenvalue weighted by Crippen LogP contribution is -2.31. The van der Waals surface area contributed by atoms with Crippen LogP contribution < -0.4 is 9.80 Å². The van der Waals surface area contributed by atoms with E-state index in [4.69, 9.17) is 0 Å². The Balaban J connectivity index is 2.12. The molecule has 1 aliphatic heterocycles. The lowest BCUT2D eigenvalue weighted by molar-refractivity contribution is 0.891. The molecule has 3 heterocycles. The fourth-order valence-electron chi connectivity index (χ4n) is 3.13. The monoisotopic (exact) mass is 390 g/mol. The Morgan fingerprint density at radius 2 is 1.07 bits per heavy atom. The first-order chi connectivity index (χ1) is 14.7. The summed E-state index contributed by atoms with van der Waals surface area (Å²) in [7, 11) is 0. The zero-order valence-electron chi connectivity index (χ0n) is 15.6. The molecule has 30 heavy (non-hydrogen) atoms. The van der Waals surface area contributed by atoms with Crippen molar-refractivity contribution in [2.24, 2.45) is 0 Å². The Bertz CT molecular complexity index is 1250. The molecule has 0 spiro atoms. The SMILES string of the molecule is CCN1c2nc(C#N)c(C#N)nc2N(c2ccccc2)c2nc(C#N)c(C#N)nc21. The van der Waals surface area contributed by atoms with Crippen LogP contribution in [0.3, 0.4) is 0 Å². The second-order valence-corrected chi connectivity index (χ2v) is 6.00. The Morgan fingerprint density at radius 1 is 0.667 bits per heavy atom. The molecule has 3 aromatic rings. The molecule has 0 N–H and O–H groups in total. The number of aromatic nitrogens is 4. The van der Waals surface area contributed by atoms with Crippen molar-refractivity contribution in [1.82, 2.24) is 19.9 Å². The summed E-state index contributed by atoms with van der Waals surface area (Å²) in [6.45, 7) is 2.21. The van der Waals surface area contributed by atoms with E-state index in [1.807, 2.05) is 49.4 Å². The van der Waals surface area contributed by atoms with E-state index >= 15 is 0 Å². The van der Waals surface area contributed by atoms with Crippen molar-refractivity contribution in [1.29, 1.82) is 21.0 Å². The van der Waals surface area contributed by atoms with E-state index in [1.165, 1.54) is 0 Å². The van der Waals surface area contributed by atoms with Gasteiger partial charge in [-0.15, -0.1) is 0 Å². The van der Waals surface area contributed by atoms with Crippen molar-refractivity contribution in [2.75, 3.05) is 16.3 Å². The van der Waals surface area contributed by atoms with Gasteiger partial charge in [0.05, 0.1) is 0 Å². The van der Waals surface area contributed by atoms with E-state index < -0.39 is 0 Å². The number of hydrogen-bond donors (Lipinski definition) is 0. The first-order valence-electron chi connectivity index (χ1n) is 8.74. The highest BCUT2D eigenvalue weighted by atomic mass is 15.4. The van der Waals surface area contributed by atoms with Gasteiger partial charge in [-0.2, -0.15) is 21.0 Å². The number of anilines is 5. The molecule has 4 rings (SSSR count). The zero-order chi connectivity index (χ0) is 21.3. The van der Waals surface area contributed by atoms with E-state index in [0.717, 1.165) is 0 Å². The topological polar surface area (TPSA) is 153 Å². The molecule has 140 valence electrons. The zero-order valence-corrected chi connectivity index (χ0v) is 15.6. The van der Waals surface area contributed by atoms with E-state index in [0.29, 0.717) is 23.9 Å². The van der Waals surface area contributed by atoms with Crippen LogP contribution in [0, 0.1) is 45.3 Å². The van der Waals surface area contributed by atoms with Crippen molar-refractivity contribution in [3.8, 4) is 24.3 Å². The maximum Gasteiger partial charge on any atom is 0.184 e. The summed E-state index contributed by atoms with van der Waals surface area (Å²) in [5.41, 5.74) is 0.153. The Morgan fingerprint density at radius 3 is 1.43 bits per heavy atom. The molecule has 0 bridgehead atoms. The van der Waals surface area contributed by atoms with Crippen LogP contribution in [0.15, 0.2) is 30.3 Å². The van der Waals surface area contributed by atoms with E-state index in [2.05, 4.69) is 19.9 Å².